The fraction of sp³-hybridized carbons (Fsp3) is 0.312. The fourth-order valence-electron chi connectivity index (χ4n) is 2.34. The van der Waals surface area contributed by atoms with Crippen LogP contribution in [-0.4, -0.2) is 12.0 Å². The van der Waals surface area contributed by atoms with E-state index in [9.17, 15) is 0 Å². The lowest BCUT2D eigenvalue weighted by Crippen LogP contribution is -2.20. The molecule has 1 atom stereocenters. The summed E-state index contributed by atoms with van der Waals surface area (Å²) in [5.41, 5.74) is 6.02. The van der Waals surface area contributed by atoms with E-state index in [4.69, 9.17) is 0 Å². The second-order valence-corrected chi connectivity index (χ2v) is 4.79. The summed E-state index contributed by atoms with van der Waals surface area (Å²) in [6, 6.07) is 12.9. The Balaban J connectivity index is 2.45. The normalized spacial score (nSPS) is 12.4. The van der Waals surface area contributed by atoms with E-state index in [1.54, 1.807) is 0 Å². The third-order valence-electron chi connectivity index (χ3n) is 3.23. The van der Waals surface area contributed by atoms with Gasteiger partial charge in [0.15, 0.2) is 0 Å². The van der Waals surface area contributed by atoms with Crippen LogP contribution in [0.25, 0.3) is 0 Å². The smallest absolute Gasteiger partial charge is 0.0751 e. The molecule has 1 aromatic carbocycles. The van der Waals surface area contributed by atoms with Gasteiger partial charge in [0.1, 0.15) is 0 Å². The maximum absolute atomic E-state index is 4.62. The first kappa shape index (κ1) is 12.8. The minimum atomic E-state index is 0.158. The zero-order valence-electron chi connectivity index (χ0n) is 11.5. The first-order valence-electron chi connectivity index (χ1n) is 6.30. The molecule has 0 bridgehead atoms. The van der Waals surface area contributed by atoms with Crippen molar-refractivity contribution in [1.29, 1.82) is 0 Å². The standard InChI is InChI=1S/C16H20N2/c1-11-8-9-14(12(2)10-11)16(17-4)15-7-5-6-13(3)18-15/h5-10,16-17H,1-4H3. The molecule has 0 aliphatic rings. The van der Waals surface area contributed by atoms with Crippen molar-refractivity contribution in [1.82, 2.24) is 10.3 Å². The third-order valence-corrected chi connectivity index (χ3v) is 3.23. The Labute approximate surface area is 109 Å². The highest BCUT2D eigenvalue weighted by Gasteiger charge is 2.15. The molecule has 0 aliphatic carbocycles. The molecule has 1 heterocycles. The Morgan fingerprint density at radius 2 is 1.83 bits per heavy atom. The Morgan fingerprint density at radius 1 is 1.06 bits per heavy atom. The van der Waals surface area contributed by atoms with E-state index in [1.165, 1.54) is 16.7 Å². The lowest BCUT2D eigenvalue weighted by molar-refractivity contribution is 0.664. The molecule has 2 nitrogen and oxygen atoms in total. The molecule has 0 amide bonds. The highest BCUT2D eigenvalue weighted by molar-refractivity contribution is 5.37. The van der Waals surface area contributed by atoms with E-state index in [2.05, 4.69) is 54.5 Å². The van der Waals surface area contributed by atoms with Crippen molar-refractivity contribution < 1.29 is 0 Å². The van der Waals surface area contributed by atoms with Crippen LogP contribution in [0.15, 0.2) is 36.4 Å². The average Bonchev–Trinajstić information content (AvgIpc) is 2.33. The van der Waals surface area contributed by atoms with Crippen LogP contribution in [0.2, 0.25) is 0 Å². The summed E-state index contributed by atoms with van der Waals surface area (Å²) in [5, 5.41) is 3.36. The quantitative estimate of drug-likeness (QED) is 0.890. The summed E-state index contributed by atoms with van der Waals surface area (Å²) in [6.07, 6.45) is 0. The number of hydrogen-bond acceptors (Lipinski definition) is 2. The zero-order chi connectivity index (χ0) is 13.1. The summed E-state index contributed by atoms with van der Waals surface area (Å²) in [4.78, 5) is 4.62. The molecule has 1 unspecified atom stereocenters. The maximum atomic E-state index is 4.62. The summed E-state index contributed by atoms with van der Waals surface area (Å²) >= 11 is 0. The van der Waals surface area contributed by atoms with Crippen LogP contribution < -0.4 is 5.32 Å². The Morgan fingerprint density at radius 3 is 2.44 bits per heavy atom. The zero-order valence-corrected chi connectivity index (χ0v) is 11.5. The Hall–Kier alpha value is -1.67. The van der Waals surface area contributed by atoms with Gasteiger partial charge in [-0.3, -0.25) is 4.98 Å². The van der Waals surface area contributed by atoms with Gasteiger partial charge >= 0.3 is 0 Å². The van der Waals surface area contributed by atoms with E-state index in [0.717, 1.165) is 11.4 Å². The van der Waals surface area contributed by atoms with Crippen molar-refractivity contribution in [2.24, 2.45) is 0 Å². The van der Waals surface area contributed by atoms with Gasteiger partial charge in [0.05, 0.1) is 11.7 Å². The third kappa shape index (κ3) is 2.59. The molecule has 0 aliphatic heterocycles. The second kappa shape index (κ2) is 5.32. The first-order valence-corrected chi connectivity index (χ1v) is 6.30. The van der Waals surface area contributed by atoms with Crippen LogP contribution in [-0.2, 0) is 0 Å². The van der Waals surface area contributed by atoms with E-state index in [0.29, 0.717) is 0 Å². The molecule has 2 rings (SSSR count). The molecule has 0 fully saturated rings. The topological polar surface area (TPSA) is 24.9 Å². The van der Waals surface area contributed by atoms with Crippen LogP contribution in [0.1, 0.15) is 34.1 Å². The summed E-state index contributed by atoms with van der Waals surface area (Å²) in [5.74, 6) is 0. The van der Waals surface area contributed by atoms with Gasteiger partial charge in [-0.15, -0.1) is 0 Å². The van der Waals surface area contributed by atoms with Crippen molar-refractivity contribution in [2.75, 3.05) is 7.05 Å². The molecule has 94 valence electrons. The van der Waals surface area contributed by atoms with Crippen molar-refractivity contribution in [2.45, 2.75) is 26.8 Å². The molecule has 18 heavy (non-hydrogen) atoms. The second-order valence-electron chi connectivity index (χ2n) is 4.79. The molecular formula is C16H20N2. The number of aromatic nitrogens is 1. The van der Waals surface area contributed by atoms with Crippen molar-refractivity contribution in [3.63, 3.8) is 0 Å². The van der Waals surface area contributed by atoms with Crippen LogP contribution in [0, 0.1) is 20.8 Å². The highest BCUT2D eigenvalue weighted by atomic mass is 14.9. The average molecular weight is 240 g/mol. The summed E-state index contributed by atoms with van der Waals surface area (Å²) in [7, 11) is 1.98. The number of nitrogens with one attached hydrogen (secondary N) is 1. The van der Waals surface area contributed by atoms with Gasteiger partial charge in [0.25, 0.3) is 0 Å². The fourth-order valence-corrected chi connectivity index (χ4v) is 2.34. The number of rotatable bonds is 3. The minimum Gasteiger partial charge on any atom is -0.308 e. The van der Waals surface area contributed by atoms with Crippen LogP contribution in [0.5, 0.6) is 0 Å². The van der Waals surface area contributed by atoms with Gasteiger partial charge in [-0.05, 0) is 51.1 Å². The van der Waals surface area contributed by atoms with Crippen LogP contribution >= 0.6 is 0 Å². The number of pyridine rings is 1. The molecule has 0 radical (unpaired) electrons. The van der Waals surface area contributed by atoms with E-state index in [-0.39, 0.29) is 6.04 Å². The predicted octanol–water partition coefficient (Wildman–Crippen LogP) is 3.32. The van der Waals surface area contributed by atoms with E-state index < -0.39 is 0 Å². The van der Waals surface area contributed by atoms with Gasteiger partial charge in [0, 0.05) is 5.69 Å². The molecule has 0 spiro atoms. The molecule has 2 aromatic rings. The van der Waals surface area contributed by atoms with Crippen molar-refractivity contribution >= 4 is 0 Å². The number of hydrogen-bond donors (Lipinski definition) is 1. The lowest BCUT2D eigenvalue weighted by atomic mass is 9.96. The number of benzene rings is 1. The molecule has 1 aromatic heterocycles. The minimum absolute atomic E-state index is 0.158. The van der Waals surface area contributed by atoms with Crippen molar-refractivity contribution in [3.8, 4) is 0 Å². The van der Waals surface area contributed by atoms with Gasteiger partial charge in [-0.1, -0.05) is 29.8 Å². The summed E-state index contributed by atoms with van der Waals surface area (Å²) < 4.78 is 0. The largest absolute Gasteiger partial charge is 0.308 e. The monoisotopic (exact) mass is 240 g/mol. The number of nitrogens with zero attached hydrogens (tertiary/aromatic N) is 1. The molecule has 1 N–H and O–H groups in total. The van der Waals surface area contributed by atoms with Gasteiger partial charge in [-0.25, -0.2) is 0 Å². The highest BCUT2D eigenvalue weighted by Crippen LogP contribution is 2.24. The summed E-state index contributed by atoms with van der Waals surface area (Å²) in [6.45, 7) is 6.30. The van der Waals surface area contributed by atoms with Gasteiger partial charge < -0.3 is 5.32 Å². The Kier molecular flexibility index (Phi) is 3.78. The molecule has 2 heteroatoms. The van der Waals surface area contributed by atoms with Gasteiger partial charge in [-0.2, -0.15) is 0 Å². The van der Waals surface area contributed by atoms with E-state index in [1.807, 2.05) is 20.0 Å². The van der Waals surface area contributed by atoms with Gasteiger partial charge in [0.2, 0.25) is 0 Å². The SMILES string of the molecule is CNC(c1cccc(C)n1)c1ccc(C)cc1C. The van der Waals surface area contributed by atoms with Crippen LogP contribution in [0.4, 0.5) is 0 Å². The number of aryl methyl sites for hydroxylation is 3. The van der Waals surface area contributed by atoms with Crippen molar-refractivity contribution in [3.05, 3.63) is 64.5 Å². The molecular weight excluding hydrogens is 220 g/mol. The molecule has 0 saturated heterocycles. The maximum Gasteiger partial charge on any atom is 0.0751 e. The predicted molar refractivity (Wildman–Crippen MR) is 75.8 cm³/mol. The first-order chi connectivity index (χ1) is 8.61. The lowest BCUT2D eigenvalue weighted by Gasteiger charge is -2.19. The van der Waals surface area contributed by atoms with E-state index >= 15 is 0 Å². The van der Waals surface area contributed by atoms with Crippen LogP contribution in [0.3, 0.4) is 0 Å². The Bertz CT molecular complexity index is 547. The molecule has 0 saturated carbocycles.